The van der Waals surface area contributed by atoms with E-state index in [1.165, 1.54) is 11.3 Å². The summed E-state index contributed by atoms with van der Waals surface area (Å²) in [6, 6.07) is 24.9. The maximum atomic E-state index is 14.2. The highest BCUT2D eigenvalue weighted by Crippen LogP contribution is 2.37. The van der Waals surface area contributed by atoms with Crippen molar-refractivity contribution in [1.29, 1.82) is 0 Å². The van der Waals surface area contributed by atoms with Crippen LogP contribution in [0.4, 0.5) is 0 Å². The number of allylic oxidation sites excluding steroid dienone is 1. The Morgan fingerprint density at radius 1 is 1.04 bits per heavy atom. The normalized spacial score (nSPS) is 14.6. The molecule has 1 aliphatic heterocycles. The fourth-order valence-electron chi connectivity index (χ4n) is 5.84. The molecule has 0 aliphatic carbocycles. The molecule has 1 atom stereocenters. The molecule has 48 heavy (non-hydrogen) atoms. The van der Waals surface area contributed by atoms with Crippen molar-refractivity contribution in [2.75, 3.05) is 13.7 Å². The summed E-state index contributed by atoms with van der Waals surface area (Å²) in [6.45, 7) is 7.96. The monoisotopic (exact) mass is 774 g/mol. The van der Waals surface area contributed by atoms with Gasteiger partial charge < -0.3 is 18.9 Å². The minimum Gasteiger partial charge on any atom is -0.493 e. The van der Waals surface area contributed by atoms with Gasteiger partial charge in [-0.25, -0.2) is 9.79 Å². The van der Waals surface area contributed by atoms with Crippen molar-refractivity contribution in [2.24, 2.45) is 4.99 Å². The number of carbonyl (C=O) groups is 1. The Kier molecular flexibility index (Phi) is 10.0. The number of rotatable bonds is 10. The molecule has 1 aliphatic rings. The number of aromatic nitrogens is 1. The van der Waals surface area contributed by atoms with Crippen molar-refractivity contribution in [3.63, 3.8) is 0 Å². The predicted molar refractivity (Wildman–Crippen MR) is 197 cm³/mol. The van der Waals surface area contributed by atoms with Crippen LogP contribution in [0.25, 0.3) is 16.8 Å². The Morgan fingerprint density at radius 3 is 2.56 bits per heavy atom. The smallest absolute Gasteiger partial charge is 0.338 e. The second-order valence-corrected chi connectivity index (χ2v) is 13.6. The molecule has 0 saturated carbocycles. The third-order valence-corrected chi connectivity index (χ3v) is 9.68. The number of halogens is 1. The average molecular weight is 775 g/mol. The zero-order valence-electron chi connectivity index (χ0n) is 27.3. The molecular weight excluding hydrogens is 739 g/mol. The summed E-state index contributed by atoms with van der Waals surface area (Å²) in [5.74, 6) is 1.25. The number of hydrogen-bond acceptors (Lipinski definition) is 8. The van der Waals surface area contributed by atoms with E-state index >= 15 is 0 Å². The molecule has 0 unspecified atom stereocenters. The van der Waals surface area contributed by atoms with E-state index in [2.05, 4.69) is 46.9 Å². The maximum Gasteiger partial charge on any atom is 0.338 e. The van der Waals surface area contributed by atoms with E-state index in [1.807, 2.05) is 74.5 Å². The van der Waals surface area contributed by atoms with Crippen LogP contribution < -0.4 is 29.1 Å². The van der Waals surface area contributed by atoms with Gasteiger partial charge in [0.1, 0.15) is 18.4 Å². The number of methoxy groups -OCH3 is 1. The van der Waals surface area contributed by atoms with Gasteiger partial charge in [-0.2, -0.15) is 0 Å². The SMILES string of the molecule is CCOC(=O)C1=C(C)N=c2s/c(=C/c3cc(I)c(OCc4cccc5ccccc45)c(OC)c3)c(=O)n2[C@@H]1c1ccccc1OC(C)C. The number of nitrogens with zero attached hydrogens (tertiary/aromatic N) is 2. The Hall–Kier alpha value is -4.42. The van der Waals surface area contributed by atoms with E-state index in [9.17, 15) is 9.59 Å². The van der Waals surface area contributed by atoms with Crippen LogP contribution in [0, 0.1) is 3.57 Å². The quantitative estimate of drug-likeness (QED) is 0.113. The van der Waals surface area contributed by atoms with Crippen molar-refractivity contribution in [3.05, 3.63) is 130 Å². The number of carbonyl (C=O) groups excluding carboxylic acids is 1. The van der Waals surface area contributed by atoms with Gasteiger partial charge in [-0.05, 0) is 96.5 Å². The number of benzene rings is 4. The molecule has 0 bridgehead atoms. The summed E-state index contributed by atoms with van der Waals surface area (Å²) in [7, 11) is 1.60. The molecule has 1 aromatic heterocycles. The van der Waals surface area contributed by atoms with Gasteiger partial charge in [-0.15, -0.1) is 0 Å². The first-order valence-corrected chi connectivity index (χ1v) is 17.5. The first-order chi connectivity index (χ1) is 23.2. The van der Waals surface area contributed by atoms with Crippen LogP contribution in [0.3, 0.4) is 0 Å². The molecule has 246 valence electrons. The van der Waals surface area contributed by atoms with Gasteiger partial charge in [0.2, 0.25) is 0 Å². The van der Waals surface area contributed by atoms with Gasteiger partial charge in [0.05, 0.1) is 39.2 Å². The van der Waals surface area contributed by atoms with Gasteiger partial charge >= 0.3 is 5.97 Å². The molecule has 6 rings (SSSR count). The van der Waals surface area contributed by atoms with Crippen LogP contribution in [0.1, 0.15) is 50.4 Å². The van der Waals surface area contributed by atoms with Crippen LogP contribution in [0.2, 0.25) is 0 Å². The molecule has 0 saturated heterocycles. The highest BCUT2D eigenvalue weighted by molar-refractivity contribution is 14.1. The van der Waals surface area contributed by atoms with E-state index in [4.69, 9.17) is 23.9 Å². The van der Waals surface area contributed by atoms with Crippen LogP contribution in [-0.2, 0) is 16.1 Å². The minimum absolute atomic E-state index is 0.116. The van der Waals surface area contributed by atoms with Gasteiger partial charge in [0.25, 0.3) is 5.56 Å². The second kappa shape index (κ2) is 14.4. The summed E-state index contributed by atoms with van der Waals surface area (Å²) >= 11 is 3.50. The lowest BCUT2D eigenvalue weighted by Crippen LogP contribution is -2.40. The molecule has 2 heterocycles. The molecule has 10 heteroatoms. The van der Waals surface area contributed by atoms with Crippen molar-refractivity contribution in [1.82, 2.24) is 4.57 Å². The molecule has 8 nitrogen and oxygen atoms in total. The van der Waals surface area contributed by atoms with Crippen molar-refractivity contribution < 1.29 is 23.7 Å². The van der Waals surface area contributed by atoms with Crippen molar-refractivity contribution in [2.45, 2.75) is 46.4 Å². The van der Waals surface area contributed by atoms with Gasteiger partial charge in [0, 0.05) is 5.56 Å². The molecule has 4 aromatic carbocycles. The van der Waals surface area contributed by atoms with E-state index in [1.54, 1.807) is 25.5 Å². The molecule has 5 aromatic rings. The Bertz CT molecular complexity index is 2230. The van der Waals surface area contributed by atoms with Gasteiger partial charge in [-0.3, -0.25) is 9.36 Å². The van der Waals surface area contributed by atoms with Crippen LogP contribution >= 0.6 is 33.9 Å². The molecule has 0 N–H and O–H groups in total. The number of ether oxygens (including phenoxy) is 4. The summed E-state index contributed by atoms with van der Waals surface area (Å²) < 4.78 is 26.6. The maximum absolute atomic E-state index is 14.2. The Balaban J connectivity index is 1.42. The first kappa shape index (κ1) is 33.5. The summed E-state index contributed by atoms with van der Waals surface area (Å²) in [6.07, 6.45) is 1.70. The number of hydrogen-bond donors (Lipinski definition) is 0. The largest absolute Gasteiger partial charge is 0.493 e. The summed E-state index contributed by atoms with van der Waals surface area (Å²) in [5.41, 5.74) is 3.04. The topological polar surface area (TPSA) is 88.4 Å². The van der Waals surface area contributed by atoms with E-state index in [0.717, 1.165) is 25.5 Å². The zero-order chi connectivity index (χ0) is 33.9. The highest BCUT2D eigenvalue weighted by Gasteiger charge is 2.35. The summed E-state index contributed by atoms with van der Waals surface area (Å²) in [4.78, 5) is 32.8. The Morgan fingerprint density at radius 2 is 1.79 bits per heavy atom. The third-order valence-electron chi connectivity index (χ3n) is 7.89. The van der Waals surface area contributed by atoms with Crippen LogP contribution in [0.15, 0.2) is 99.9 Å². The average Bonchev–Trinajstić information content (AvgIpc) is 3.37. The molecule has 0 amide bonds. The van der Waals surface area contributed by atoms with Gasteiger partial charge in [-0.1, -0.05) is 72.0 Å². The number of para-hydroxylation sites is 1. The predicted octanol–water partition coefficient (Wildman–Crippen LogP) is 6.93. The number of fused-ring (bicyclic) bond motifs is 2. The zero-order valence-corrected chi connectivity index (χ0v) is 30.3. The van der Waals surface area contributed by atoms with Crippen molar-refractivity contribution in [3.8, 4) is 17.2 Å². The fourth-order valence-corrected chi connectivity index (χ4v) is 7.66. The molecular formula is C38H35IN2O6S. The fraction of sp³-hybridized carbons (Fsp3) is 0.237. The number of thiazole rings is 1. The van der Waals surface area contributed by atoms with E-state index in [-0.39, 0.29) is 18.3 Å². The lowest BCUT2D eigenvalue weighted by Gasteiger charge is -2.26. The van der Waals surface area contributed by atoms with Crippen molar-refractivity contribution >= 4 is 56.7 Å². The minimum atomic E-state index is -0.781. The van der Waals surface area contributed by atoms with Crippen LogP contribution in [0.5, 0.6) is 17.2 Å². The lowest BCUT2D eigenvalue weighted by molar-refractivity contribution is -0.139. The standard InChI is InChI=1S/C38H35IN2O6S/c1-6-45-37(43)33-23(4)40-38-41(34(33)28-16-9-10-17-30(28)47-22(2)3)36(42)32(48-38)20-24-18-29(39)35(31(19-24)44-5)46-21-26-14-11-13-25-12-7-8-15-27(25)26/h7-20,22,34H,6,21H2,1-5H3/b32-20+/t34-/m1/s1. The number of esters is 1. The first-order valence-electron chi connectivity index (χ1n) is 15.6. The molecule has 0 fully saturated rings. The Labute approximate surface area is 296 Å². The second-order valence-electron chi connectivity index (χ2n) is 11.5. The van der Waals surface area contributed by atoms with Crippen LogP contribution in [-0.4, -0.2) is 30.4 Å². The third kappa shape index (κ3) is 6.64. The van der Waals surface area contributed by atoms with E-state index in [0.29, 0.717) is 50.0 Å². The summed E-state index contributed by atoms with van der Waals surface area (Å²) in [5, 5.41) is 2.29. The van der Waals surface area contributed by atoms with E-state index < -0.39 is 12.0 Å². The highest BCUT2D eigenvalue weighted by atomic mass is 127. The molecule has 0 spiro atoms. The molecule has 0 radical (unpaired) electrons. The van der Waals surface area contributed by atoms with Gasteiger partial charge in [0.15, 0.2) is 16.3 Å². The lowest BCUT2D eigenvalue weighted by atomic mass is 9.95.